The summed E-state index contributed by atoms with van der Waals surface area (Å²) < 4.78 is 18.3. The summed E-state index contributed by atoms with van der Waals surface area (Å²) in [7, 11) is 0. The van der Waals surface area contributed by atoms with E-state index in [2.05, 4.69) is 15.5 Å². The number of aromatic nitrogens is 2. The van der Waals surface area contributed by atoms with Crippen molar-refractivity contribution in [1.29, 1.82) is 0 Å². The van der Waals surface area contributed by atoms with Gasteiger partial charge in [0.05, 0.1) is 5.75 Å². The second-order valence-electron chi connectivity index (χ2n) is 4.73. The van der Waals surface area contributed by atoms with Crippen molar-refractivity contribution < 1.29 is 13.6 Å². The lowest BCUT2D eigenvalue weighted by atomic mass is 10.2. The fourth-order valence-electron chi connectivity index (χ4n) is 1.87. The number of rotatable bonds is 5. The summed E-state index contributed by atoms with van der Waals surface area (Å²) in [5, 5.41) is 11.3. The van der Waals surface area contributed by atoms with Crippen LogP contribution in [0.25, 0.3) is 11.5 Å². The smallest absolute Gasteiger partial charge is 0.277 e. The second kappa shape index (κ2) is 7.46. The normalized spacial score (nSPS) is 10.6. The molecule has 0 fully saturated rings. The third-order valence-corrected chi connectivity index (χ3v) is 3.99. The zero-order chi connectivity index (χ0) is 16.9. The molecule has 122 valence electrons. The number of thioether (sulfide) groups is 1. The van der Waals surface area contributed by atoms with Gasteiger partial charge in [-0.3, -0.25) is 4.79 Å². The van der Waals surface area contributed by atoms with Crippen molar-refractivity contribution in [2.45, 2.75) is 5.22 Å². The van der Waals surface area contributed by atoms with E-state index < -0.39 is 0 Å². The molecule has 3 aromatic rings. The Morgan fingerprint density at radius 1 is 1.21 bits per heavy atom. The van der Waals surface area contributed by atoms with E-state index in [1.54, 1.807) is 36.4 Å². The van der Waals surface area contributed by atoms with Gasteiger partial charge in [-0.15, -0.1) is 10.2 Å². The van der Waals surface area contributed by atoms with Gasteiger partial charge in [0.2, 0.25) is 11.8 Å². The minimum absolute atomic E-state index is 0.109. The van der Waals surface area contributed by atoms with Gasteiger partial charge in [0.25, 0.3) is 5.22 Å². The van der Waals surface area contributed by atoms with Gasteiger partial charge in [-0.05, 0) is 42.5 Å². The van der Waals surface area contributed by atoms with E-state index in [-0.39, 0.29) is 28.6 Å². The highest BCUT2D eigenvalue weighted by Crippen LogP contribution is 2.23. The molecule has 0 bridgehead atoms. The quantitative estimate of drug-likeness (QED) is 0.686. The topological polar surface area (TPSA) is 68.0 Å². The lowest BCUT2D eigenvalue weighted by Crippen LogP contribution is -2.13. The van der Waals surface area contributed by atoms with Crippen LogP contribution >= 0.6 is 23.4 Å². The van der Waals surface area contributed by atoms with Crippen LogP contribution in [0.5, 0.6) is 0 Å². The van der Waals surface area contributed by atoms with E-state index in [1.165, 1.54) is 12.1 Å². The summed E-state index contributed by atoms with van der Waals surface area (Å²) in [5.41, 5.74) is 1.23. The van der Waals surface area contributed by atoms with Crippen molar-refractivity contribution in [1.82, 2.24) is 10.2 Å². The van der Waals surface area contributed by atoms with Gasteiger partial charge < -0.3 is 9.73 Å². The van der Waals surface area contributed by atoms with Crippen LogP contribution in [0.4, 0.5) is 10.1 Å². The van der Waals surface area contributed by atoms with Crippen LogP contribution in [0.15, 0.2) is 58.2 Å². The van der Waals surface area contributed by atoms with Crippen LogP contribution < -0.4 is 5.32 Å². The monoisotopic (exact) mass is 363 g/mol. The SMILES string of the molecule is O=C(CSc1nnc(-c2ccc(F)cc2)o1)Nc1cccc(Cl)c1. The van der Waals surface area contributed by atoms with E-state index in [1.807, 2.05) is 0 Å². The van der Waals surface area contributed by atoms with Gasteiger partial charge in [-0.2, -0.15) is 0 Å². The number of carbonyl (C=O) groups is 1. The maximum absolute atomic E-state index is 12.9. The van der Waals surface area contributed by atoms with Gasteiger partial charge in [0.1, 0.15) is 5.82 Å². The number of hydrogen-bond donors (Lipinski definition) is 1. The maximum Gasteiger partial charge on any atom is 0.277 e. The molecule has 0 aliphatic carbocycles. The molecule has 1 aromatic heterocycles. The molecule has 0 saturated heterocycles. The first-order valence-corrected chi connectivity index (χ1v) is 8.24. The zero-order valence-electron chi connectivity index (χ0n) is 12.2. The van der Waals surface area contributed by atoms with Crippen molar-refractivity contribution >= 4 is 35.0 Å². The summed E-state index contributed by atoms with van der Waals surface area (Å²) in [5.74, 6) is -0.181. The molecule has 1 amide bonds. The van der Waals surface area contributed by atoms with Crippen LogP contribution in [0.3, 0.4) is 0 Å². The molecule has 1 heterocycles. The molecule has 3 rings (SSSR count). The highest BCUT2D eigenvalue weighted by atomic mass is 35.5. The number of nitrogens with one attached hydrogen (secondary N) is 1. The number of anilines is 1. The van der Waals surface area contributed by atoms with Crippen LogP contribution in [0.2, 0.25) is 5.02 Å². The predicted octanol–water partition coefficient (Wildman–Crippen LogP) is 4.26. The fourth-order valence-corrected chi connectivity index (χ4v) is 2.62. The molecule has 0 unspecified atom stereocenters. The Bertz CT molecular complexity index is 855. The average Bonchev–Trinajstić information content (AvgIpc) is 3.03. The summed E-state index contributed by atoms with van der Waals surface area (Å²) in [6, 6.07) is 12.6. The molecule has 8 heteroatoms. The van der Waals surface area contributed by atoms with Crippen LogP contribution in [-0.2, 0) is 4.79 Å². The Morgan fingerprint density at radius 3 is 2.75 bits per heavy atom. The number of halogens is 2. The first-order chi connectivity index (χ1) is 11.6. The zero-order valence-corrected chi connectivity index (χ0v) is 13.8. The number of carbonyl (C=O) groups excluding carboxylic acids is 1. The molecule has 0 aliphatic rings. The summed E-state index contributed by atoms with van der Waals surface area (Å²) in [4.78, 5) is 11.9. The van der Waals surface area contributed by atoms with Crippen molar-refractivity contribution in [3.63, 3.8) is 0 Å². The molecule has 0 radical (unpaired) electrons. The highest BCUT2D eigenvalue weighted by Gasteiger charge is 2.11. The van der Waals surface area contributed by atoms with Gasteiger partial charge in [-0.1, -0.05) is 29.4 Å². The average molecular weight is 364 g/mol. The van der Waals surface area contributed by atoms with Gasteiger partial charge in [-0.25, -0.2) is 4.39 Å². The largest absolute Gasteiger partial charge is 0.411 e. The molecule has 2 aromatic carbocycles. The van der Waals surface area contributed by atoms with Gasteiger partial charge >= 0.3 is 0 Å². The summed E-state index contributed by atoms with van der Waals surface area (Å²) in [6.07, 6.45) is 0. The third-order valence-electron chi connectivity index (χ3n) is 2.93. The molecule has 0 spiro atoms. The Labute approximate surface area is 146 Å². The number of hydrogen-bond acceptors (Lipinski definition) is 5. The van der Waals surface area contributed by atoms with Crippen LogP contribution in [0.1, 0.15) is 0 Å². The van der Waals surface area contributed by atoms with Gasteiger partial charge in [0.15, 0.2) is 0 Å². The number of benzene rings is 2. The molecule has 0 aliphatic heterocycles. The van der Waals surface area contributed by atoms with Crippen molar-refractivity contribution in [3.8, 4) is 11.5 Å². The first kappa shape index (κ1) is 16.5. The molecule has 0 atom stereocenters. The Hall–Kier alpha value is -2.38. The lowest BCUT2D eigenvalue weighted by Gasteiger charge is -2.03. The molecule has 0 saturated carbocycles. The molecule has 5 nitrogen and oxygen atoms in total. The maximum atomic E-state index is 12.9. The summed E-state index contributed by atoms with van der Waals surface area (Å²) >= 11 is 6.97. The minimum Gasteiger partial charge on any atom is -0.411 e. The van der Waals surface area contributed by atoms with Crippen molar-refractivity contribution in [2.24, 2.45) is 0 Å². The highest BCUT2D eigenvalue weighted by molar-refractivity contribution is 7.99. The Kier molecular flexibility index (Phi) is 5.12. The van der Waals surface area contributed by atoms with Crippen molar-refractivity contribution in [3.05, 3.63) is 59.4 Å². The third kappa shape index (κ3) is 4.33. The first-order valence-electron chi connectivity index (χ1n) is 6.88. The van der Waals surface area contributed by atoms with E-state index in [0.717, 1.165) is 11.8 Å². The standard InChI is InChI=1S/C16H11ClFN3O2S/c17-11-2-1-3-13(8-11)19-14(22)9-24-16-21-20-15(23-16)10-4-6-12(18)7-5-10/h1-8H,9H2,(H,19,22). The summed E-state index contributed by atoms with van der Waals surface area (Å²) in [6.45, 7) is 0. The van der Waals surface area contributed by atoms with E-state index in [4.69, 9.17) is 16.0 Å². The lowest BCUT2D eigenvalue weighted by molar-refractivity contribution is -0.113. The predicted molar refractivity (Wildman–Crippen MR) is 90.5 cm³/mol. The van der Waals surface area contributed by atoms with Crippen LogP contribution in [0, 0.1) is 5.82 Å². The molecular formula is C16H11ClFN3O2S. The second-order valence-corrected chi connectivity index (χ2v) is 6.09. The minimum atomic E-state index is -0.342. The number of amides is 1. The van der Waals surface area contributed by atoms with E-state index in [9.17, 15) is 9.18 Å². The molecular weight excluding hydrogens is 353 g/mol. The Morgan fingerprint density at radius 2 is 2.00 bits per heavy atom. The number of nitrogens with zero attached hydrogens (tertiary/aromatic N) is 2. The van der Waals surface area contributed by atoms with Gasteiger partial charge in [0, 0.05) is 16.3 Å². The Balaban J connectivity index is 1.57. The van der Waals surface area contributed by atoms with E-state index in [0.29, 0.717) is 16.3 Å². The van der Waals surface area contributed by atoms with Crippen LogP contribution in [-0.4, -0.2) is 21.9 Å². The van der Waals surface area contributed by atoms with Crippen molar-refractivity contribution in [2.75, 3.05) is 11.1 Å². The molecule has 1 N–H and O–H groups in total. The van der Waals surface area contributed by atoms with E-state index >= 15 is 0 Å². The molecule has 24 heavy (non-hydrogen) atoms. The fraction of sp³-hybridized carbons (Fsp3) is 0.0625.